The van der Waals surface area contributed by atoms with Crippen LogP contribution < -0.4 is 10.6 Å². The van der Waals surface area contributed by atoms with Crippen LogP contribution in [0.3, 0.4) is 0 Å². The van der Waals surface area contributed by atoms with Crippen LogP contribution in [0.5, 0.6) is 0 Å². The van der Waals surface area contributed by atoms with E-state index >= 15 is 0 Å². The fourth-order valence-electron chi connectivity index (χ4n) is 3.17. The minimum Gasteiger partial charge on any atom is -0.357 e. The Kier molecular flexibility index (Phi) is 10.0. The molecular formula is C22H29ClIN7O. The Labute approximate surface area is 210 Å². The smallest absolute Gasteiger partial charge is 0.246 e. The van der Waals surface area contributed by atoms with Gasteiger partial charge in [0.25, 0.3) is 0 Å². The first kappa shape index (κ1) is 25.7. The maximum Gasteiger partial charge on any atom is 0.246 e. The van der Waals surface area contributed by atoms with E-state index in [0.717, 1.165) is 34.5 Å². The molecule has 0 saturated carbocycles. The summed E-state index contributed by atoms with van der Waals surface area (Å²) < 4.78 is 3.60. The van der Waals surface area contributed by atoms with Crippen molar-refractivity contribution in [1.82, 2.24) is 24.6 Å². The summed E-state index contributed by atoms with van der Waals surface area (Å²) in [5.41, 5.74) is 2.84. The number of anilines is 1. The summed E-state index contributed by atoms with van der Waals surface area (Å²) in [4.78, 5) is 19.0. The molecule has 10 heteroatoms. The number of guanidine groups is 1. The van der Waals surface area contributed by atoms with Gasteiger partial charge in [0.1, 0.15) is 6.54 Å². The van der Waals surface area contributed by atoms with Crippen molar-refractivity contribution >= 4 is 53.1 Å². The van der Waals surface area contributed by atoms with Gasteiger partial charge in [0.15, 0.2) is 5.96 Å². The molecule has 0 atom stereocenters. The highest BCUT2D eigenvalue weighted by Crippen LogP contribution is 2.15. The Bertz CT molecular complexity index is 1030. The van der Waals surface area contributed by atoms with E-state index < -0.39 is 0 Å². The lowest BCUT2D eigenvalue weighted by molar-refractivity contribution is -0.116. The summed E-state index contributed by atoms with van der Waals surface area (Å²) in [6.07, 6.45) is 5.30. The third kappa shape index (κ3) is 7.56. The standard InChI is InChI=1S/C22H28ClN7O.HI/c1-4-24-22(29(3)15-20-12-18(23)14-28(20)2)25-13-17-7-5-8-19(11-17)27-21(31)16-30-10-6-9-26-30;/h5-12,14H,4,13,15-16H2,1-3H3,(H,24,25)(H,27,31);1H. The maximum atomic E-state index is 12.2. The van der Waals surface area contributed by atoms with Gasteiger partial charge in [-0.15, -0.1) is 24.0 Å². The van der Waals surface area contributed by atoms with E-state index in [4.69, 9.17) is 16.6 Å². The molecule has 1 amide bonds. The second kappa shape index (κ2) is 12.5. The summed E-state index contributed by atoms with van der Waals surface area (Å²) in [5.74, 6) is 0.673. The Morgan fingerprint density at radius 2 is 2.09 bits per heavy atom. The molecule has 2 aromatic heterocycles. The third-order valence-electron chi connectivity index (χ3n) is 4.66. The van der Waals surface area contributed by atoms with Gasteiger partial charge in [0, 0.05) is 50.6 Å². The van der Waals surface area contributed by atoms with Crippen molar-refractivity contribution in [2.45, 2.75) is 26.6 Å². The summed E-state index contributed by atoms with van der Waals surface area (Å²) in [6.45, 7) is 4.15. The van der Waals surface area contributed by atoms with Gasteiger partial charge in [-0.2, -0.15) is 5.10 Å². The normalized spacial score (nSPS) is 11.1. The quantitative estimate of drug-likeness (QED) is 0.246. The van der Waals surface area contributed by atoms with E-state index in [0.29, 0.717) is 13.1 Å². The average Bonchev–Trinajstić information content (AvgIpc) is 3.34. The first-order valence-electron chi connectivity index (χ1n) is 10.1. The van der Waals surface area contributed by atoms with Crippen molar-refractivity contribution in [3.05, 3.63) is 71.3 Å². The van der Waals surface area contributed by atoms with Crippen molar-refractivity contribution < 1.29 is 4.79 Å². The molecule has 0 aliphatic rings. The number of rotatable bonds is 8. The fourth-order valence-corrected chi connectivity index (χ4v) is 3.44. The first-order valence-corrected chi connectivity index (χ1v) is 10.5. The molecule has 3 aromatic rings. The van der Waals surface area contributed by atoms with Gasteiger partial charge in [-0.25, -0.2) is 4.99 Å². The van der Waals surface area contributed by atoms with Gasteiger partial charge in [-0.1, -0.05) is 23.7 Å². The van der Waals surface area contributed by atoms with Crippen LogP contribution in [0.1, 0.15) is 18.2 Å². The van der Waals surface area contributed by atoms with E-state index in [2.05, 4.69) is 20.6 Å². The summed E-state index contributed by atoms with van der Waals surface area (Å²) in [5, 5.41) is 11.0. The molecule has 8 nitrogen and oxygen atoms in total. The van der Waals surface area contributed by atoms with Crippen molar-refractivity contribution in [3.63, 3.8) is 0 Å². The summed E-state index contributed by atoms with van der Waals surface area (Å²) >= 11 is 6.10. The number of carbonyl (C=O) groups is 1. The molecule has 2 N–H and O–H groups in total. The van der Waals surface area contributed by atoms with E-state index in [-0.39, 0.29) is 36.4 Å². The molecule has 0 fully saturated rings. The minimum absolute atomic E-state index is 0. The predicted octanol–water partition coefficient (Wildman–Crippen LogP) is 3.73. The number of benzene rings is 1. The lowest BCUT2D eigenvalue weighted by Gasteiger charge is -2.22. The number of hydrogen-bond donors (Lipinski definition) is 2. The van der Waals surface area contributed by atoms with E-state index in [9.17, 15) is 4.79 Å². The molecule has 0 aliphatic heterocycles. The number of hydrogen-bond acceptors (Lipinski definition) is 3. The highest BCUT2D eigenvalue weighted by atomic mass is 127. The fraction of sp³-hybridized carbons (Fsp3) is 0.318. The van der Waals surface area contributed by atoms with Crippen LogP contribution in [0.2, 0.25) is 5.02 Å². The Morgan fingerprint density at radius 3 is 2.75 bits per heavy atom. The van der Waals surface area contributed by atoms with Crippen molar-refractivity contribution in [2.75, 3.05) is 18.9 Å². The van der Waals surface area contributed by atoms with E-state index in [1.807, 2.05) is 62.1 Å². The summed E-state index contributed by atoms with van der Waals surface area (Å²) in [6, 6.07) is 11.5. The maximum absolute atomic E-state index is 12.2. The lowest BCUT2D eigenvalue weighted by Crippen LogP contribution is -2.38. The third-order valence-corrected chi connectivity index (χ3v) is 4.86. The van der Waals surface area contributed by atoms with Crippen molar-refractivity contribution in [3.8, 4) is 0 Å². The number of aliphatic imine (C=N–C) groups is 1. The number of aromatic nitrogens is 3. The lowest BCUT2D eigenvalue weighted by atomic mass is 10.2. The number of nitrogens with one attached hydrogen (secondary N) is 2. The zero-order valence-electron chi connectivity index (χ0n) is 18.5. The Balaban J connectivity index is 0.00000363. The molecule has 1 aromatic carbocycles. The molecule has 3 rings (SSSR count). The molecule has 0 bridgehead atoms. The zero-order chi connectivity index (χ0) is 22.2. The molecular weight excluding hydrogens is 541 g/mol. The van der Waals surface area contributed by atoms with Gasteiger partial charge in [-0.3, -0.25) is 9.48 Å². The number of halogens is 2. The van der Waals surface area contributed by atoms with Crippen LogP contribution in [-0.4, -0.2) is 44.7 Å². The average molecular weight is 570 g/mol. The molecule has 0 spiro atoms. The molecule has 0 radical (unpaired) electrons. The van der Waals surface area contributed by atoms with Crippen LogP contribution in [0.4, 0.5) is 5.69 Å². The largest absolute Gasteiger partial charge is 0.357 e. The van der Waals surface area contributed by atoms with Crippen LogP contribution in [0.25, 0.3) is 0 Å². The highest BCUT2D eigenvalue weighted by molar-refractivity contribution is 14.0. The Morgan fingerprint density at radius 1 is 1.28 bits per heavy atom. The molecule has 0 saturated heterocycles. The molecule has 2 heterocycles. The zero-order valence-corrected chi connectivity index (χ0v) is 21.5. The van der Waals surface area contributed by atoms with E-state index in [1.54, 1.807) is 23.1 Å². The van der Waals surface area contributed by atoms with E-state index in [1.165, 1.54) is 0 Å². The number of nitrogens with zero attached hydrogens (tertiary/aromatic N) is 5. The van der Waals surface area contributed by atoms with Gasteiger partial charge in [0.2, 0.25) is 5.91 Å². The summed E-state index contributed by atoms with van der Waals surface area (Å²) in [7, 11) is 3.97. The van der Waals surface area contributed by atoms with Crippen molar-refractivity contribution in [1.29, 1.82) is 0 Å². The Hall–Kier alpha value is -2.53. The number of carbonyl (C=O) groups excluding carboxylic acids is 1. The van der Waals surface area contributed by atoms with Gasteiger partial charge in [-0.05, 0) is 36.8 Å². The molecule has 0 aliphatic carbocycles. The predicted molar refractivity (Wildman–Crippen MR) is 139 cm³/mol. The minimum atomic E-state index is -0.126. The molecule has 0 unspecified atom stereocenters. The molecule has 32 heavy (non-hydrogen) atoms. The van der Waals surface area contributed by atoms with Crippen LogP contribution in [0.15, 0.2) is 60.0 Å². The van der Waals surface area contributed by atoms with Crippen LogP contribution in [-0.2, 0) is 31.5 Å². The topological polar surface area (TPSA) is 79.5 Å². The molecule has 172 valence electrons. The van der Waals surface area contributed by atoms with Crippen molar-refractivity contribution in [2.24, 2.45) is 12.0 Å². The number of aryl methyl sites for hydroxylation is 1. The highest BCUT2D eigenvalue weighted by Gasteiger charge is 2.10. The first-order chi connectivity index (χ1) is 14.9. The van der Waals surface area contributed by atoms with Gasteiger partial charge in [0.05, 0.1) is 18.1 Å². The van der Waals surface area contributed by atoms with Gasteiger partial charge < -0.3 is 20.1 Å². The SMILES string of the molecule is CCNC(=NCc1cccc(NC(=O)Cn2cccn2)c1)N(C)Cc1cc(Cl)cn1C.I. The monoisotopic (exact) mass is 569 g/mol. The second-order valence-corrected chi connectivity index (χ2v) is 7.68. The number of amides is 1. The van der Waals surface area contributed by atoms with Gasteiger partial charge >= 0.3 is 0 Å². The van der Waals surface area contributed by atoms with Crippen LogP contribution >= 0.6 is 35.6 Å². The second-order valence-electron chi connectivity index (χ2n) is 7.24. The van der Waals surface area contributed by atoms with Crippen LogP contribution in [0, 0.1) is 0 Å².